The van der Waals surface area contributed by atoms with E-state index in [2.05, 4.69) is 25.8 Å². The summed E-state index contributed by atoms with van der Waals surface area (Å²) in [6, 6.07) is 4.06. The minimum absolute atomic E-state index is 0.0572. The van der Waals surface area contributed by atoms with E-state index in [1.165, 1.54) is 10.4 Å². The predicted molar refractivity (Wildman–Crippen MR) is 75.7 cm³/mol. The molecule has 0 aromatic carbocycles. The molecule has 18 heavy (non-hydrogen) atoms. The summed E-state index contributed by atoms with van der Waals surface area (Å²) >= 11 is 1.72. The van der Waals surface area contributed by atoms with E-state index in [1.807, 2.05) is 24.5 Å². The van der Waals surface area contributed by atoms with Crippen LogP contribution in [0.15, 0.2) is 24.5 Å². The second-order valence-corrected chi connectivity index (χ2v) is 6.53. The molecule has 2 heterocycles. The fourth-order valence-electron chi connectivity index (χ4n) is 1.88. The molecule has 0 aliphatic carbocycles. The van der Waals surface area contributed by atoms with Gasteiger partial charge in [0.25, 0.3) is 0 Å². The summed E-state index contributed by atoms with van der Waals surface area (Å²) in [5.74, 6) is 0. The van der Waals surface area contributed by atoms with Crippen molar-refractivity contribution in [2.75, 3.05) is 0 Å². The van der Waals surface area contributed by atoms with E-state index in [0.29, 0.717) is 6.54 Å². The van der Waals surface area contributed by atoms with Gasteiger partial charge in [-0.2, -0.15) is 0 Å². The number of nitrogens with two attached hydrogens (primary N) is 1. The van der Waals surface area contributed by atoms with Crippen molar-refractivity contribution in [3.8, 4) is 0 Å². The number of aromatic nitrogens is 2. The molecule has 0 saturated heterocycles. The van der Waals surface area contributed by atoms with Crippen molar-refractivity contribution >= 4 is 11.3 Å². The fraction of sp³-hybridized carbons (Fsp3) is 0.429. The Balaban J connectivity index is 2.28. The maximum atomic E-state index is 5.81. The average Bonchev–Trinajstić information content (AvgIpc) is 2.73. The van der Waals surface area contributed by atoms with Crippen LogP contribution in [0.1, 0.15) is 41.9 Å². The monoisotopic (exact) mass is 261 g/mol. The number of hydrogen-bond acceptors (Lipinski definition) is 4. The zero-order chi connectivity index (χ0) is 13.2. The Bertz CT molecular complexity index is 512. The van der Waals surface area contributed by atoms with Crippen LogP contribution in [0.5, 0.6) is 0 Å². The minimum atomic E-state index is 0.0572. The molecule has 3 nitrogen and oxygen atoms in total. The SMILES string of the molecule is CC(C)(C)c1nc(Cc2ccncc2)sc1CN. The molecule has 0 amide bonds. The molecule has 0 radical (unpaired) electrons. The van der Waals surface area contributed by atoms with Gasteiger partial charge in [0.05, 0.1) is 10.7 Å². The van der Waals surface area contributed by atoms with Crippen LogP contribution in [-0.2, 0) is 18.4 Å². The summed E-state index contributed by atoms with van der Waals surface area (Å²) in [5.41, 5.74) is 8.25. The van der Waals surface area contributed by atoms with Gasteiger partial charge in [-0.15, -0.1) is 11.3 Å². The van der Waals surface area contributed by atoms with Crippen molar-refractivity contribution in [3.63, 3.8) is 0 Å². The van der Waals surface area contributed by atoms with Crippen molar-refractivity contribution in [1.82, 2.24) is 9.97 Å². The molecule has 0 bridgehead atoms. The normalized spacial score (nSPS) is 11.8. The molecule has 4 heteroatoms. The lowest BCUT2D eigenvalue weighted by molar-refractivity contribution is 0.564. The van der Waals surface area contributed by atoms with E-state index in [1.54, 1.807) is 11.3 Å². The molecule has 2 aromatic rings. The van der Waals surface area contributed by atoms with Gasteiger partial charge in [0.1, 0.15) is 0 Å². The van der Waals surface area contributed by atoms with Crippen LogP contribution in [0.3, 0.4) is 0 Å². The molecule has 2 rings (SSSR count). The van der Waals surface area contributed by atoms with Crippen LogP contribution in [0.25, 0.3) is 0 Å². The third-order valence-corrected chi connectivity index (χ3v) is 3.82. The first kappa shape index (κ1) is 13.2. The van der Waals surface area contributed by atoms with E-state index in [-0.39, 0.29) is 5.41 Å². The first-order valence-corrected chi connectivity index (χ1v) is 6.90. The predicted octanol–water partition coefficient (Wildman–Crippen LogP) is 2.89. The topological polar surface area (TPSA) is 51.8 Å². The van der Waals surface area contributed by atoms with Crippen LogP contribution < -0.4 is 5.73 Å². The quantitative estimate of drug-likeness (QED) is 0.924. The Morgan fingerprint density at radius 1 is 1.22 bits per heavy atom. The van der Waals surface area contributed by atoms with Gasteiger partial charge in [-0.25, -0.2) is 4.98 Å². The molecule has 96 valence electrons. The third kappa shape index (κ3) is 2.94. The molecule has 0 unspecified atom stereocenters. The first-order chi connectivity index (χ1) is 8.50. The van der Waals surface area contributed by atoms with Gasteiger partial charge in [-0.1, -0.05) is 20.8 Å². The van der Waals surface area contributed by atoms with Gasteiger partial charge in [0, 0.05) is 35.7 Å². The largest absolute Gasteiger partial charge is 0.326 e. The van der Waals surface area contributed by atoms with Gasteiger partial charge >= 0.3 is 0 Å². The Morgan fingerprint density at radius 2 is 1.89 bits per heavy atom. The standard InChI is InChI=1S/C14H19N3S/c1-14(2,3)13-11(9-15)18-12(17-13)8-10-4-6-16-7-5-10/h4-7H,8-9,15H2,1-3H3. The van der Waals surface area contributed by atoms with Gasteiger partial charge in [-0.3, -0.25) is 4.98 Å². The molecule has 2 aromatic heterocycles. The maximum absolute atomic E-state index is 5.81. The lowest BCUT2D eigenvalue weighted by atomic mass is 9.91. The highest BCUT2D eigenvalue weighted by molar-refractivity contribution is 7.11. The molecular formula is C14H19N3S. The van der Waals surface area contributed by atoms with E-state index >= 15 is 0 Å². The Morgan fingerprint density at radius 3 is 2.39 bits per heavy atom. The number of rotatable bonds is 3. The molecule has 0 fully saturated rings. The molecule has 0 atom stereocenters. The van der Waals surface area contributed by atoms with E-state index in [0.717, 1.165) is 17.1 Å². The van der Waals surface area contributed by atoms with E-state index in [4.69, 9.17) is 10.7 Å². The van der Waals surface area contributed by atoms with Crippen LogP contribution in [0, 0.1) is 0 Å². The molecule has 0 aliphatic rings. The van der Waals surface area contributed by atoms with Crippen LogP contribution >= 0.6 is 11.3 Å². The van der Waals surface area contributed by atoms with E-state index < -0.39 is 0 Å². The van der Waals surface area contributed by atoms with Crippen molar-refractivity contribution in [1.29, 1.82) is 0 Å². The highest BCUT2D eigenvalue weighted by atomic mass is 32.1. The smallest absolute Gasteiger partial charge is 0.0975 e. The summed E-state index contributed by atoms with van der Waals surface area (Å²) in [7, 11) is 0. The molecule has 0 spiro atoms. The summed E-state index contributed by atoms with van der Waals surface area (Å²) in [4.78, 5) is 9.99. The average molecular weight is 261 g/mol. The molecule has 0 saturated carbocycles. The zero-order valence-electron chi connectivity index (χ0n) is 11.1. The summed E-state index contributed by atoms with van der Waals surface area (Å²) in [6.45, 7) is 7.10. The lowest BCUT2D eigenvalue weighted by Gasteiger charge is -2.16. The van der Waals surface area contributed by atoms with Gasteiger partial charge in [0.15, 0.2) is 0 Å². The summed E-state index contributed by atoms with van der Waals surface area (Å²) < 4.78 is 0. The third-order valence-electron chi connectivity index (χ3n) is 2.74. The van der Waals surface area contributed by atoms with E-state index in [9.17, 15) is 0 Å². The van der Waals surface area contributed by atoms with Crippen LogP contribution in [0.2, 0.25) is 0 Å². The highest BCUT2D eigenvalue weighted by Crippen LogP contribution is 2.30. The second-order valence-electron chi connectivity index (χ2n) is 5.37. The molecule has 0 aliphatic heterocycles. The van der Waals surface area contributed by atoms with Gasteiger partial charge in [0.2, 0.25) is 0 Å². The Labute approximate surface area is 112 Å². The number of hydrogen-bond donors (Lipinski definition) is 1. The zero-order valence-corrected chi connectivity index (χ0v) is 11.9. The first-order valence-electron chi connectivity index (χ1n) is 6.08. The number of nitrogens with zero attached hydrogens (tertiary/aromatic N) is 2. The minimum Gasteiger partial charge on any atom is -0.326 e. The Kier molecular flexibility index (Phi) is 3.78. The maximum Gasteiger partial charge on any atom is 0.0975 e. The molecule has 2 N–H and O–H groups in total. The van der Waals surface area contributed by atoms with Crippen molar-refractivity contribution in [2.45, 2.75) is 39.2 Å². The highest BCUT2D eigenvalue weighted by Gasteiger charge is 2.22. The van der Waals surface area contributed by atoms with Gasteiger partial charge in [-0.05, 0) is 17.7 Å². The summed E-state index contributed by atoms with van der Waals surface area (Å²) in [6.07, 6.45) is 4.49. The summed E-state index contributed by atoms with van der Waals surface area (Å²) in [5, 5.41) is 1.13. The number of pyridine rings is 1. The Hall–Kier alpha value is -1.26. The van der Waals surface area contributed by atoms with Crippen LogP contribution in [0.4, 0.5) is 0 Å². The lowest BCUT2D eigenvalue weighted by Crippen LogP contribution is -2.15. The van der Waals surface area contributed by atoms with Crippen molar-refractivity contribution in [2.24, 2.45) is 5.73 Å². The van der Waals surface area contributed by atoms with Gasteiger partial charge < -0.3 is 5.73 Å². The second kappa shape index (κ2) is 5.16. The fourth-order valence-corrected chi connectivity index (χ4v) is 3.07. The van der Waals surface area contributed by atoms with Crippen molar-refractivity contribution in [3.05, 3.63) is 45.7 Å². The van der Waals surface area contributed by atoms with Crippen molar-refractivity contribution < 1.29 is 0 Å². The van der Waals surface area contributed by atoms with Crippen LogP contribution in [-0.4, -0.2) is 9.97 Å². The molecular weight excluding hydrogens is 242 g/mol. The number of thiazole rings is 1.